The number of fused-ring (bicyclic) bond motifs is 1. The van der Waals surface area contributed by atoms with Gasteiger partial charge in [0.2, 0.25) is 0 Å². The summed E-state index contributed by atoms with van der Waals surface area (Å²) in [6.07, 6.45) is 1.01. The van der Waals surface area contributed by atoms with Crippen molar-refractivity contribution in [3.8, 4) is 11.4 Å². The van der Waals surface area contributed by atoms with Gasteiger partial charge in [-0.3, -0.25) is 4.90 Å². The molecule has 7 nitrogen and oxygen atoms in total. The van der Waals surface area contributed by atoms with E-state index in [1.807, 2.05) is 47.0 Å². The van der Waals surface area contributed by atoms with E-state index in [4.69, 9.17) is 10.1 Å². The maximum absolute atomic E-state index is 4.85. The number of hydrogen-bond donors (Lipinski definition) is 0. The number of piperazine rings is 1. The third-order valence-electron chi connectivity index (χ3n) is 5.26. The Hall–Kier alpha value is -2.84. The highest BCUT2D eigenvalue weighted by atomic mass is 32.1. The first-order valence-corrected chi connectivity index (χ1v) is 10.9. The first kappa shape index (κ1) is 18.2. The second-order valence-corrected chi connectivity index (χ2v) is 8.14. The summed E-state index contributed by atoms with van der Waals surface area (Å²) in [6.45, 7) is 7.00. The van der Waals surface area contributed by atoms with Crippen LogP contribution in [0.1, 0.15) is 17.6 Å². The summed E-state index contributed by atoms with van der Waals surface area (Å²) in [6, 6.07) is 14.1. The number of rotatable bonds is 5. The van der Waals surface area contributed by atoms with Crippen molar-refractivity contribution in [2.75, 3.05) is 31.1 Å². The lowest BCUT2D eigenvalue weighted by Gasteiger charge is -2.34. The SMILES string of the molecule is CCc1nc(CN2CCN(c3ccc4nnc(-c5ccccc5)n4n3)CC2)cs1. The molecule has 5 rings (SSSR count). The van der Waals surface area contributed by atoms with E-state index in [1.165, 1.54) is 10.7 Å². The van der Waals surface area contributed by atoms with E-state index in [0.717, 1.165) is 62.0 Å². The molecule has 4 heterocycles. The largest absolute Gasteiger partial charge is 0.353 e. The smallest absolute Gasteiger partial charge is 0.185 e. The maximum Gasteiger partial charge on any atom is 0.185 e. The molecule has 1 aliphatic heterocycles. The van der Waals surface area contributed by atoms with Crippen LogP contribution in [0.2, 0.25) is 0 Å². The fourth-order valence-corrected chi connectivity index (χ4v) is 4.40. The molecule has 148 valence electrons. The van der Waals surface area contributed by atoms with Crippen molar-refractivity contribution in [1.29, 1.82) is 0 Å². The van der Waals surface area contributed by atoms with Crippen molar-refractivity contribution in [3.05, 3.63) is 58.5 Å². The van der Waals surface area contributed by atoms with E-state index >= 15 is 0 Å². The minimum atomic E-state index is 0.765. The molecular formula is C21H23N7S. The fourth-order valence-electron chi connectivity index (χ4n) is 3.66. The first-order chi connectivity index (χ1) is 14.3. The molecule has 1 aliphatic rings. The predicted molar refractivity (Wildman–Crippen MR) is 115 cm³/mol. The zero-order valence-electron chi connectivity index (χ0n) is 16.4. The molecule has 0 spiro atoms. The van der Waals surface area contributed by atoms with E-state index in [-0.39, 0.29) is 0 Å². The van der Waals surface area contributed by atoms with Crippen molar-refractivity contribution in [3.63, 3.8) is 0 Å². The monoisotopic (exact) mass is 405 g/mol. The van der Waals surface area contributed by atoms with Gasteiger partial charge in [-0.2, -0.15) is 4.52 Å². The number of hydrogen-bond acceptors (Lipinski definition) is 7. The Balaban J connectivity index is 1.30. The van der Waals surface area contributed by atoms with Gasteiger partial charge in [0.1, 0.15) is 5.82 Å². The molecular weight excluding hydrogens is 382 g/mol. The molecule has 1 fully saturated rings. The number of anilines is 1. The van der Waals surface area contributed by atoms with Gasteiger partial charge in [0.15, 0.2) is 11.5 Å². The molecule has 1 aromatic carbocycles. The summed E-state index contributed by atoms with van der Waals surface area (Å²) in [5, 5.41) is 16.9. The Bertz CT molecular complexity index is 1100. The van der Waals surface area contributed by atoms with Crippen LogP contribution in [-0.4, -0.2) is 55.9 Å². The van der Waals surface area contributed by atoms with Crippen molar-refractivity contribution >= 4 is 22.8 Å². The Labute approximate surface area is 173 Å². The summed E-state index contributed by atoms with van der Waals surface area (Å²) >= 11 is 1.76. The maximum atomic E-state index is 4.85. The molecule has 0 atom stereocenters. The highest BCUT2D eigenvalue weighted by molar-refractivity contribution is 7.09. The standard InChI is InChI=1S/C21H23N7S/c1-2-20-22-17(15-29-20)14-26-10-12-27(13-11-26)19-9-8-18-23-24-21(28(18)25-19)16-6-4-3-5-7-16/h3-9,15H,2,10-14H2,1H3. The molecule has 4 aromatic rings. The molecule has 8 heteroatoms. The molecule has 0 aliphatic carbocycles. The third-order valence-corrected chi connectivity index (χ3v) is 6.31. The number of thiazole rings is 1. The van der Waals surface area contributed by atoms with E-state index in [2.05, 4.69) is 32.3 Å². The number of aryl methyl sites for hydroxylation is 1. The quantitative estimate of drug-likeness (QED) is 0.508. The number of benzene rings is 1. The summed E-state index contributed by atoms with van der Waals surface area (Å²) in [5.41, 5.74) is 2.97. The Morgan fingerprint density at radius 2 is 1.79 bits per heavy atom. The molecule has 0 bridgehead atoms. The van der Waals surface area contributed by atoms with Gasteiger partial charge in [-0.25, -0.2) is 4.98 Å². The number of aromatic nitrogens is 5. The normalized spacial score (nSPS) is 15.3. The van der Waals surface area contributed by atoms with Crippen LogP contribution in [-0.2, 0) is 13.0 Å². The highest BCUT2D eigenvalue weighted by Crippen LogP contribution is 2.21. The Morgan fingerprint density at radius 1 is 0.966 bits per heavy atom. The van der Waals surface area contributed by atoms with Gasteiger partial charge < -0.3 is 4.90 Å². The van der Waals surface area contributed by atoms with E-state index in [9.17, 15) is 0 Å². The van der Waals surface area contributed by atoms with Crippen molar-refractivity contribution in [1.82, 2.24) is 29.7 Å². The van der Waals surface area contributed by atoms with Crippen molar-refractivity contribution < 1.29 is 0 Å². The Kier molecular flexibility index (Phi) is 4.95. The van der Waals surface area contributed by atoms with Crippen molar-refractivity contribution in [2.45, 2.75) is 19.9 Å². The summed E-state index contributed by atoms with van der Waals surface area (Å²) < 4.78 is 1.85. The van der Waals surface area contributed by atoms with Crippen LogP contribution >= 0.6 is 11.3 Å². The lowest BCUT2D eigenvalue weighted by Crippen LogP contribution is -2.46. The van der Waals surface area contributed by atoms with Gasteiger partial charge in [0.25, 0.3) is 0 Å². The lowest BCUT2D eigenvalue weighted by atomic mass is 10.2. The average molecular weight is 406 g/mol. The van der Waals surface area contributed by atoms with Crippen LogP contribution in [0.15, 0.2) is 47.8 Å². The third kappa shape index (κ3) is 3.73. The van der Waals surface area contributed by atoms with E-state index in [1.54, 1.807) is 11.3 Å². The molecule has 0 amide bonds. The molecule has 1 saturated heterocycles. The van der Waals surface area contributed by atoms with Crippen LogP contribution < -0.4 is 4.90 Å². The first-order valence-electron chi connectivity index (χ1n) is 9.98. The van der Waals surface area contributed by atoms with Gasteiger partial charge >= 0.3 is 0 Å². The zero-order valence-corrected chi connectivity index (χ0v) is 17.2. The highest BCUT2D eigenvalue weighted by Gasteiger charge is 2.20. The summed E-state index contributed by atoms with van der Waals surface area (Å²) in [5.74, 6) is 1.74. The Morgan fingerprint density at radius 3 is 2.55 bits per heavy atom. The van der Waals surface area contributed by atoms with Gasteiger partial charge in [-0.1, -0.05) is 37.3 Å². The predicted octanol–water partition coefficient (Wildman–Crippen LogP) is 3.13. The minimum Gasteiger partial charge on any atom is -0.353 e. The molecule has 0 saturated carbocycles. The number of nitrogens with zero attached hydrogens (tertiary/aromatic N) is 7. The fraction of sp³-hybridized carbons (Fsp3) is 0.333. The van der Waals surface area contributed by atoms with Crippen LogP contribution in [0, 0.1) is 0 Å². The molecule has 0 N–H and O–H groups in total. The second kappa shape index (κ2) is 7.88. The van der Waals surface area contributed by atoms with Gasteiger partial charge in [-0.05, 0) is 18.6 Å². The topological polar surface area (TPSA) is 62.5 Å². The van der Waals surface area contributed by atoms with Crippen LogP contribution in [0.3, 0.4) is 0 Å². The summed E-state index contributed by atoms with van der Waals surface area (Å²) in [4.78, 5) is 9.51. The average Bonchev–Trinajstić information content (AvgIpc) is 3.41. The van der Waals surface area contributed by atoms with Gasteiger partial charge in [0, 0.05) is 43.7 Å². The second-order valence-electron chi connectivity index (χ2n) is 7.20. The minimum absolute atomic E-state index is 0.765. The molecule has 0 radical (unpaired) electrons. The van der Waals surface area contributed by atoms with E-state index in [0.29, 0.717) is 0 Å². The van der Waals surface area contributed by atoms with Crippen molar-refractivity contribution in [2.24, 2.45) is 0 Å². The molecule has 3 aromatic heterocycles. The lowest BCUT2D eigenvalue weighted by molar-refractivity contribution is 0.246. The molecule has 0 unspecified atom stereocenters. The summed E-state index contributed by atoms with van der Waals surface area (Å²) in [7, 11) is 0. The molecule has 29 heavy (non-hydrogen) atoms. The van der Waals surface area contributed by atoms with E-state index < -0.39 is 0 Å². The van der Waals surface area contributed by atoms with Gasteiger partial charge in [0.05, 0.1) is 10.7 Å². The zero-order chi connectivity index (χ0) is 19.6. The van der Waals surface area contributed by atoms with Crippen LogP contribution in [0.4, 0.5) is 5.82 Å². The van der Waals surface area contributed by atoms with Gasteiger partial charge in [-0.15, -0.1) is 26.6 Å². The van der Waals surface area contributed by atoms with Crippen LogP contribution in [0.25, 0.3) is 17.0 Å². The van der Waals surface area contributed by atoms with Crippen LogP contribution in [0.5, 0.6) is 0 Å².